The summed E-state index contributed by atoms with van der Waals surface area (Å²) in [6, 6.07) is 9.51. The van der Waals surface area contributed by atoms with Crippen molar-refractivity contribution in [2.45, 2.75) is 46.6 Å². The highest BCUT2D eigenvalue weighted by Gasteiger charge is 2.22. The first-order valence-electron chi connectivity index (χ1n) is 8.60. The predicted octanol–water partition coefficient (Wildman–Crippen LogP) is 4.01. The van der Waals surface area contributed by atoms with Crippen molar-refractivity contribution in [3.8, 4) is 0 Å². The first-order chi connectivity index (χ1) is 10.1. The molecule has 2 rings (SSSR count). The van der Waals surface area contributed by atoms with Crippen LogP contribution in [-0.2, 0) is 0 Å². The molecule has 3 unspecified atom stereocenters. The van der Waals surface area contributed by atoms with Gasteiger partial charge >= 0.3 is 0 Å². The van der Waals surface area contributed by atoms with E-state index in [0.717, 1.165) is 18.4 Å². The summed E-state index contributed by atoms with van der Waals surface area (Å²) >= 11 is 0. The van der Waals surface area contributed by atoms with E-state index in [1.807, 2.05) is 0 Å². The zero-order valence-electron chi connectivity index (χ0n) is 14.2. The Hall–Kier alpha value is -0.860. The first-order valence-corrected chi connectivity index (χ1v) is 8.60. The van der Waals surface area contributed by atoms with Crippen LogP contribution in [-0.4, -0.2) is 31.1 Å². The van der Waals surface area contributed by atoms with Crippen molar-refractivity contribution in [1.82, 2.24) is 10.2 Å². The molecule has 3 atom stereocenters. The summed E-state index contributed by atoms with van der Waals surface area (Å²) in [5.74, 6) is 1.71. The van der Waals surface area contributed by atoms with Crippen LogP contribution in [0.25, 0.3) is 0 Å². The summed E-state index contributed by atoms with van der Waals surface area (Å²) in [4.78, 5) is 2.66. The Morgan fingerprint density at radius 1 is 1.14 bits per heavy atom. The molecule has 0 aromatic heterocycles. The van der Waals surface area contributed by atoms with Crippen LogP contribution < -0.4 is 5.32 Å². The molecule has 0 amide bonds. The van der Waals surface area contributed by atoms with Crippen LogP contribution in [0.3, 0.4) is 0 Å². The fourth-order valence-electron chi connectivity index (χ4n) is 3.72. The molecule has 1 aliphatic rings. The maximum Gasteiger partial charge on any atom is 0.0332 e. The van der Waals surface area contributed by atoms with Gasteiger partial charge in [0.2, 0.25) is 0 Å². The lowest BCUT2D eigenvalue weighted by atomic mass is 9.91. The molecule has 1 N–H and O–H groups in total. The van der Waals surface area contributed by atoms with Crippen LogP contribution in [0.2, 0.25) is 0 Å². The third kappa shape index (κ3) is 5.12. The molecule has 1 aromatic carbocycles. The summed E-state index contributed by atoms with van der Waals surface area (Å²) in [5.41, 5.74) is 2.77. The number of benzene rings is 1. The molecular weight excluding hydrogens is 256 g/mol. The van der Waals surface area contributed by atoms with E-state index in [9.17, 15) is 0 Å². The molecule has 118 valence electrons. The van der Waals surface area contributed by atoms with Gasteiger partial charge in [-0.25, -0.2) is 0 Å². The number of nitrogens with one attached hydrogen (secondary N) is 1. The molecule has 1 aliphatic heterocycles. The molecule has 1 aromatic rings. The van der Waals surface area contributed by atoms with Gasteiger partial charge in [0.1, 0.15) is 0 Å². The number of aryl methyl sites for hydroxylation is 1. The predicted molar refractivity (Wildman–Crippen MR) is 91.6 cm³/mol. The Morgan fingerprint density at radius 2 is 1.76 bits per heavy atom. The number of likely N-dealkylation sites (tertiary alicyclic amines) is 1. The highest BCUT2D eigenvalue weighted by molar-refractivity contribution is 5.24. The average molecular weight is 288 g/mol. The third-order valence-electron chi connectivity index (χ3n) is 4.61. The van der Waals surface area contributed by atoms with E-state index in [1.165, 1.54) is 43.6 Å². The van der Waals surface area contributed by atoms with Crippen molar-refractivity contribution in [3.63, 3.8) is 0 Å². The van der Waals surface area contributed by atoms with Gasteiger partial charge in [-0.1, -0.05) is 50.6 Å². The van der Waals surface area contributed by atoms with E-state index in [-0.39, 0.29) is 0 Å². The zero-order valence-corrected chi connectivity index (χ0v) is 14.2. The van der Waals surface area contributed by atoms with E-state index >= 15 is 0 Å². The van der Waals surface area contributed by atoms with Crippen molar-refractivity contribution in [2.75, 3.05) is 26.2 Å². The van der Waals surface area contributed by atoms with Gasteiger partial charge in [0.25, 0.3) is 0 Å². The molecule has 1 saturated heterocycles. The second-order valence-corrected chi connectivity index (χ2v) is 7.02. The summed E-state index contributed by atoms with van der Waals surface area (Å²) in [7, 11) is 0. The zero-order chi connectivity index (χ0) is 15.2. The van der Waals surface area contributed by atoms with Crippen LogP contribution in [0.4, 0.5) is 0 Å². The molecule has 0 radical (unpaired) electrons. The minimum Gasteiger partial charge on any atom is -0.310 e. The van der Waals surface area contributed by atoms with E-state index < -0.39 is 0 Å². The van der Waals surface area contributed by atoms with Crippen molar-refractivity contribution < 1.29 is 0 Å². The lowest BCUT2D eigenvalue weighted by molar-refractivity contribution is 0.135. The maximum absolute atomic E-state index is 3.65. The second kappa shape index (κ2) is 7.95. The Labute approximate surface area is 130 Å². The maximum atomic E-state index is 3.65. The van der Waals surface area contributed by atoms with Crippen molar-refractivity contribution in [3.05, 3.63) is 35.4 Å². The van der Waals surface area contributed by atoms with Crippen LogP contribution in [0.1, 0.15) is 50.8 Å². The average Bonchev–Trinajstić information content (AvgIpc) is 2.43. The first kappa shape index (κ1) is 16.5. The topological polar surface area (TPSA) is 15.3 Å². The standard InChI is InChI=1S/C19H32N2/c1-5-20-19(18-8-6-15(2)7-9-18)10-11-21-13-16(3)12-17(4)14-21/h6-9,16-17,19-20H,5,10-14H2,1-4H3. The van der Waals surface area contributed by atoms with Gasteiger partial charge in [0, 0.05) is 19.1 Å². The van der Waals surface area contributed by atoms with Gasteiger partial charge in [-0.3, -0.25) is 0 Å². The van der Waals surface area contributed by atoms with Gasteiger partial charge in [-0.15, -0.1) is 0 Å². The van der Waals surface area contributed by atoms with Gasteiger partial charge in [0.15, 0.2) is 0 Å². The number of hydrogen-bond acceptors (Lipinski definition) is 2. The molecule has 0 saturated carbocycles. The summed E-state index contributed by atoms with van der Waals surface area (Å²) in [6.45, 7) is 13.9. The van der Waals surface area contributed by atoms with E-state index in [1.54, 1.807) is 0 Å². The van der Waals surface area contributed by atoms with Crippen molar-refractivity contribution in [1.29, 1.82) is 0 Å². The molecule has 2 nitrogen and oxygen atoms in total. The van der Waals surface area contributed by atoms with E-state index in [0.29, 0.717) is 6.04 Å². The molecule has 0 aliphatic carbocycles. The number of rotatable bonds is 6. The minimum atomic E-state index is 0.489. The number of hydrogen-bond donors (Lipinski definition) is 1. The monoisotopic (exact) mass is 288 g/mol. The van der Waals surface area contributed by atoms with Crippen molar-refractivity contribution >= 4 is 0 Å². The highest BCUT2D eigenvalue weighted by atomic mass is 15.1. The quantitative estimate of drug-likeness (QED) is 0.850. The Bertz CT molecular complexity index is 402. The van der Waals surface area contributed by atoms with E-state index in [2.05, 4.69) is 62.2 Å². The Kier molecular flexibility index (Phi) is 6.25. The molecule has 0 spiro atoms. The fraction of sp³-hybridized carbons (Fsp3) is 0.684. The Balaban J connectivity index is 1.92. The van der Waals surface area contributed by atoms with Crippen LogP contribution >= 0.6 is 0 Å². The SMILES string of the molecule is CCNC(CCN1CC(C)CC(C)C1)c1ccc(C)cc1. The van der Waals surface area contributed by atoms with Gasteiger partial charge in [0.05, 0.1) is 0 Å². The van der Waals surface area contributed by atoms with Gasteiger partial charge in [-0.05, 0) is 50.3 Å². The molecule has 21 heavy (non-hydrogen) atoms. The Morgan fingerprint density at radius 3 is 2.33 bits per heavy atom. The minimum absolute atomic E-state index is 0.489. The summed E-state index contributed by atoms with van der Waals surface area (Å²) < 4.78 is 0. The molecular formula is C19H32N2. The third-order valence-corrected chi connectivity index (χ3v) is 4.61. The molecule has 2 heteroatoms. The highest BCUT2D eigenvalue weighted by Crippen LogP contribution is 2.23. The lowest BCUT2D eigenvalue weighted by Crippen LogP contribution is -2.40. The van der Waals surface area contributed by atoms with Gasteiger partial charge in [-0.2, -0.15) is 0 Å². The summed E-state index contributed by atoms with van der Waals surface area (Å²) in [6.07, 6.45) is 2.60. The fourth-order valence-corrected chi connectivity index (χ4v) is 3.72. The van der Waals surface area contributed by atoms with Crippen LogP contribution in [0.5, 0.6) is 0 Å². The summed E-state index contributed by atoms with van der Waals surface area (Å²) in [5, 5.41) is 3.65. The molecule has 1 fully saturated rings. The normalized spacial score (nSPS) is 25.0. The van der Waals surface area contributed by atoms with E-state index in [4.69, 9.17) is 0 Å². The van der Waals surface area contributed by atoms with Crippen LogP contribution in [0.15, 0.2) is 24.3 Å². The second-order valence-electron chi connectivity index (χ2n) is 7.02. The molecule has 1 heterocycles. The smallest absolute Gasteiger partial charge is 0.0332 e. The van der Waals surface area contributed by atoms with Gasteiger partial charge < -0.3 is 10.2 Å². The van der Waals surface area contributed by atoms with Crippen molar-refractivity contribution in [2.24, 2.45) is 11.8 Å². The largest absolute Gasteiger partial charge is 0.310 e. The number of nitrogens with zero attached hydrogens (tertiary/aromatic N) is 1. The molecule has 0 bridgehead atoms. The lowest BCUT2D eigenvalue weighted by Gasteiger charge is -2.35. The number of piperidine rings is 1. The van der Waals surface area contributed by atoms with Crippen LogP contribution in [0, 0.1) is 18.8 Å².